The maximum absolute atomic E-state index is 11.4. The van der Waals surface area contributed by atoms with Gasteiger partial charge >= 0.3 is 5.97 Å². The van der Waals surface area contributed by atoms with Crippen molar-refractivity contribution in [2.24, 2.45) is 5.92 Å². The molecule has 0 radical (unpaired) electrons. The predicted molar refractivity (Wildman–Crippen MR) is 54.5 cm³/mol. The fraction of sp³-hybridized carbons (Fsp3) is 0.727. The third-order valence-corrected chi connectivity index (χ3v) is 1.88. The predicted octanol–water partition coefficient (Wildman–Crippen LogP) is 2.93. The molecule has 0 saturated carbocycles. The zero-order valence-electron chi connectivity index (χ0n) is 8.88. The molecule has 2 nitrogen and oxygen atoms in total. The van der Waals surface area contributed by atoms with E-state index in [9.17, 15) is 4.79 Å². The topological polar surface area (TPSA) is 26.3 Å². The van der Waals surface area contributed by atoms with E-state index in [4.69, 9.17) is 4.74 Å². The van der Waals surface area contributed by atoms with Gasteiger partial charge < -0.3 is 4.74 Å². The van der Waals surface area contributed by atoms with Gasteiger partial charge in [-0.25, -0.2) is 0 Å². The van der Waals surface area contributed by atoms with Crippen molar-refractivity contribution in [3.8, 4) is 0 Å². The van der Waals surface area contributed by atoms with Crippen LogP contribution in [0.4, 0.5) is 0 Å². The number of carbonyl (C=O) groups excluding carboxylic acids is 1. The summed E-state index contributed by atoms with van der Waals surface area (Å²) in [7, 11) is 0. The molecular formula is C11H20O2. The molecule has 0 aromatic carbocycles. The largest absolute Gasteiger partial charge is 0.466 e. The lowest BCUT2D eigenvalue weighted by molar-refractivity contribution is -0.146. The molecule has 0 aliphatic carbocycles. The first kappa shape index (κ1) is 12.2. The van der Waals surface area contributed by atoms with E-state index in [-0.39, 0.29) is 11.9 Å². The second kappa shape index (κ2) is 7.84. The molecule has 0 rings (SSSR count). The van der Waals surface area contributed by atoms with Crippen LogP contribution in [0, 0.1) is 5.92 Å². The molecule has 0 amide bonds. The molecule has 0 aliphatic heterocycles. The molecule has 0 bridgehead atoms. The molecule has 13 heavy (non-hydrogen) atoms. The fourth-order valence-corrected chi connectivity index (χ4v) is 1.20. The number of esters is 1. The lowest BCUT2D eigenvalue weighted by Gasteiger charge is -2.10. The third kappa shape index (κ3) is 5.45. The minimum absolute atomic E-state index is 0.0371. The minimum Gasteiger partial charge on any atom is -0.466 e. The second-order valence-electron chi connectivity index (χ2n) is 3.03. The lowest BCUT2D eigenvalue weighted by Crippen LogP contribution is -2.15. The third-order valence-electron chi connectivity index (χ3n) is 1.88. The van der Waals surface area contributed by atoms with Crippen LogP contribution in [0.2, 0.25) is 0 Å². The van der Waals surface area contributed by atoms with Gasteiger partial charge in [0.25, 0.3) is 0 Å². The van der Waals surface area contributed by atoms with E-state index in [2.05, 4.69) is 6.92 Å². The summed E-state index contributed by atoms with van der Waals surface area (Å²) in [6, 6.07) is 0. The number of hydrogen-bond donors (Lipinski definition) is 0. The Labute approximate surface area is 81.0 Å². The molecule has 0 aromatic heterocycles. The van der Waals surface area contributed by atoms with Gasteiger partial charge in [-0.2, -0.15) is 0 Å². The van der Waals surface area contributed by atoms with E-state index in [1.165, 1.54) is 0 Å². The molecule has 0 saturated heterocycles. The van der Waals surface area contributed by atoms with Crippen LogP contribution in [0.1, 0.15) is 40.0 Å². The van der Waals surface area contributed by atoms with Crippen LogP contribution in [0.5, 0.6) is 0 Å². The van der Waals surface area contributed by atoms with Gasteiger partial charge in [-0.15, -0.1) is 0 Å². The molecule has 1 atom stereocenters. The number of allylic oxidation sites excluding steroid dienone is 1. The molecule has 2 heteroatoms. The summed E-state index contributed by atoms with van der Waals surface area (Å²) in [6.07, 6.45) is 6.94. The monoisotopic (exact) mass is 184 g/mol. The van der Waals surface area contributed by atoms with Crippen LogP contribution in [-0.4, -0.2) is 12.6 Å². The normalized spacial score (nSPS) is 13.2. The van der Waals surface area contributed by atoms with Crippen molar-refractivity contribution in [1.29, 1.82) is 0 Å². The Balaban J connectivity index is 3.98. The van der Waals surface area contributed by atoms with E-state index in [1.807, 2.05) is 26.0 Å². The Kier molecular flexibility index (Phi) is 7.36. The number of carbonyl (C=O) groups is 1. The Hall–Kier alpha value is -0.790. The summed E-state index contributed by atoms with van der Waals surface area (Å²) < 4.78 is 4.96. The molecule has 0 N–H and O–H groups in total. The Morgan fingerprint density at radius 1 is 1.46 bits per heavy atom. The van der Waals surface area contributed by atoms with Gasteiger partial charge in [0, 0.05) is 0 Å². The van der Waals surface area contributed by atoms with Crippen molar-refractivity contribution < 1.29 is 9.53 Å². The summed E-state index contributed by atoms with van der Waals surface area (Å²) in [5, 5.41) is 0. The summed E-state index contributed by atoms with van der Waals surface area (Å²) in [4.78, 5) is 11.4. The Bertz CT molecular complexity index is 161. The number of unbranched alkanes of at least 4 members (excludes halogenated alkanes) is 1. The summed E-state index contributed by atoms with van der Waals surface area (Å²) in [6.45, 7) is 6.36. The molecule has 0 aliphatic rings. The Morgan fingerprint density at radius 3 is 2.62 bits per heavy atom. The molecule has 0 spiro atoms. The standard InChI is InChI=1S/C11H20O2/c1-4-7-9-10(8-5-2)11(12)13-6-3/h5,8,10H,4,6-7,9H2,1-3H3/b8-5-. The van der Waals surface area contributed by atoms with Gasteiger partial charge in [-0.05, 0) is 20.3 Å². The van der Waals surface area contributed by atoms with E-state index in [0.717, 1.165) is 19.3 Å². The average molecular weight is 184 g/mol. The van der Waals surface area contributed by atoms with E-state index < -0.39 is 0 Å². The van der Waals surface area contributed by atoms with Crippen LogP contribution in [0.15, 0.2) is 12.2 Å². The molecule has 1 unspecified atom stereocenters. The number of ether oxygens (including phenoxy) is 1. The van der Waals surface area contributed by atoms with Crippen molar-refractivity contribution in [3.63, 3.8) is 0 Å². The quantitative estimate of drug-likeness (QED) is 0.468. The maximum atomic E-state index is 11.4. The van der Waals surface area contributed by atoms with Crippen LogP contribution in [0.25, 0.3) is 0 Å². The van der Waals surface area contributed by atoms with Crippen molar-refractivity contribution >= 4 is 5.97 Å². The van der Waals surface area contributed by atoms with Gasteiger partial charge in [0.05, 0.1) is 12.5 Å². The Morgan fingerprint density at radius 2 is 2.15 bits per heavy atom. The lowest BCUT2D eigenvalue weighted by atomic mass is 10.0. The van der Waals surface area contributed by atoms with Gasteiger partial charge in [-0.3, -0.25) is 4.79 Å². The van der Waals surface area contributed by atoms with Crippen molar-refractivity contribution in [2.75, 3.05) is 6.61 Å². The molecule has 0 aromatic rings. The highest BCUT2D eigenvalue weighted by Crippen LogP contribution is 2.12. The highest BCUT2D eigenvalue weighted by Gasteiger charge is 2.14. The highest BCUT2D eigenvalue weighted by molar-refractivity contribution is 5.74. The molecule has 0 fully saturated rings. The van der Waals surface area contributed by atoms with Crippen LogP contribution < -0.4 is 0 Å². The van der Waals surface area contributed by atoms with Gasteiger partial charge in [0.1, 0.15) is 0 Å². The summed E-state index contributed by atoms with van der Waals surface area (Å²) in [5.74, 6) is -0.126. The van der Waals surface area contributed by atoms with Crippen molar-refractivity contribution in [2.45, 2.75) is 40.0 Å². The first-order valence-electron chi connectivity index (χ1n) is 5.05. The van der Waals surface area contributed by atoms with Crippen molar-refractivity contribution in [3.05, 3.63) is 12.2 Å². The smallest absolute Gasteiger partial charge is 0.312 e. The van der Waals surface area contributed by atoms with Crippen LogP contribution in [-0.2, 0) is 9.53 Å². The zero-order chi connectivity index (χ0) is 10.1. The fourth-order valence-electron chi connectivity index (χ4n) is 1.20. The first-order chi connectivity index (χ1) is 6.26. The molecule has 0 heterocycles. The number of rotatable bonds is 6. The van der Waals surface area contributed by atoms with Crippen LogP contribution >= 0.6 is 0 Å². The van der Waals surface area contributed by atoms with Gasteiger partial charge in [-0.1, -0.05) is 31.9 Å². The van der Waals surface area contributed by atoms with Gasteiger partial charge in [0.15, 0.2) is 0 Å². The highest BCUT2D eigenvalue weighted by atomic mass is 16.5. The SMILES string of the molecule is C/C=C\C(CCCC)C(=O)OCC. The van der Waals surface area contributed by atoms with E-state index in [0.29, 0.717) is 6.61 Å². The van der Waals surface area contributed by atoms with Gasteiger partial charge in [0.2, 0.25) is 0 Å². The summed E-state index contributed by atoms with van der Waals surface area (Å²) in [5.41, 5.74) is 0. The minimum atomic E-state index is -0.0888. The van der Waals surface area contributed by atoms with E-state index >= 15 is 0 Å². The second-order valence-corrected chi connectivity index (χ2v) is 3.03. The first-order valence-corrected chi connectivity index (χ1v) is 5.05. The number of hydrogen-bond acceptors (Lipinski definition) is 2. The maximum Gasteiger partial charge on any atom is 0.312 e. The average Bonchev–Trinajstić information content (AvgIpc) is 2.12. The van der Waals surface area contributed by atoms with Crippen LogP contribution in [0.3, 0.4) is 0 Å². The molecular weight excluding hydrogens is 164 g/mol. The van der Waals surface area contributed by atoms with Crippen molar-refractivity contribution in [1.82, 2.24) is 0 Å². The van der Waals surface area contributed by atoms with E-state index in [1.54, 1.807) is 0 Å². The molecule has 76 valence electrons. The summed E-state index contributed by atoms with van der Waals surface area (Å²) >= 11 is 0. The zero-order valence-corrected chi connectivity index (χ0v) is 8.88.